The molecule has 0 saturated carbocycles. The molecular weight excluding hydrogens is 391 g/mol. The molecule has 1 aliphatic heterocycles. The number of hydrogen-bond acceptors (Lipinski definition) is 7. The summed E-state index contributed by atoms with van der Waals surface area (Å²) < 4.78 is 39.1. The molecule has 0 aliphatic carbocycles. The number of anilines is 1. The topological polar surface area (TPSA) is 110 Å². The van der Waals surface area contributed by atoms with Gasteiger partial charge in [0.25, 0.3) is 5.91 Å². The summed E-state index contributed by atoms with van der Waals surface area (Å²) in [5.41, 5.74) is 4.58. The average Bonchev–Trinajstić information content (AvgIpc) is 2.68. The van der Waals surface area contributed by atoms with Gasteiger partial charge in [-0.1, -0.05) is 0 Å². The van der Waals surface area contributed by atoms with Crippen LogP contribution in [0.25, 0.3) is 0 Å². The molecule has 3 heterocycles. The van der Waals surface area contributed by atoms with Gasteiger partial charge in [-0.3, -0.25) is 9.36 Å². The first-order chi connectivity index (χ1) is 13.6. The molecule has 0 radical (unpaired) electrons. The Balaban J connectivity index is 1.65. The number of nitrogens with zero attached hydrogens (tertiary/aromatic N) is 6. The van der Waals surface area contributed by atoms with E-state index in [9.17, 15) is 22.8 Å². The van der Waals surface area contributed by atoms with Gasteiger partial charge in [0.15, 0.2) is 0 Å². The number of alkyl halides is 3. The van der Waals surface area contributed by atoms with Crippen LogP contribution < -0.4 is 16.3 Å². The van der Waals surface area contributed by atoms with E-state index in [1.807, 2.05) is 0 Å². The van der Waals surface area contributed by atoms with Crippen LogP contribution in [0.3, 0.4) is 0 Å². The van der Waals surface area contributed by atoms with E-state index < -0.39 is 17.4 Å². The predicted molar refractivity (Wildman–Crippen MR) is 97.3 cm³/mol. The largest absolute Gasteiger partial charge is 0.419 e. The maximum atomic E-state index is 12.7. The van der Waals surface area contributed by atoms with Crippen LogP contribution in [0, 0.1) is 0 Å². The van der Waals surface area contributed by atoms with Gasteiger partial charge in [-0.2, -0.15) is 13.2 Å². The molecular formula is C17H20F3N7O2. The Labute approximate surface area is 164 Å². The third-order valence-corrected chi connectivity index (χ3v) is 4.40. The molecule has 1 unspecified atom stereocenters. The first kappa shape index (κ1) is 20.7. The van der Waals surface area contributed by atoms with Gasteiger partial charge in [-0.05, 0) is 6.92 Å². The fourth-order valence-corrected chi connectivity index (χ4v) is 2.93. The maximum absolute atomic E-state index is 12.7. The fourth-order valence-electron chi connectivity index (χ4n) is 2.93. The van der Waals surface area contributed by atoms with Gasteiger partial charge in [0.05, 0.1) is 11.1 Å². The van der Waals surface area contributed by atoms with Gasteiger partial charge in [-0.25, -0.2) is 19.7 Å². The van der Waals surface area contributed by atoms with Crippen molar-refractivity contribution in [2.45, 2.75) is 25.7 Å². The molecule has 0 bridgehead atoms. The van der Waals surface area contributed by atoms with Crippen molar-refractivity contribution in [3.8, 4) is 0 Å². The summed E-state index contributed by atoms with van der Waals surface area (Å²) in [4.78, 5) is 39.0. The van der Waals surface area contributed by atoms with E-state index in [2.05, 4.69) is 15.0 Å². The van der Waals surface area contributed by atoms with Gasteiger partial charge in [0.2, 0.25) is 5.95 Å². The van der Waals surface area contributed by atoms with Gasteiger partial charge in [0.1, 0.15) is 0 Å². The molecule has 1 fully saturated rings. The second-order valence-electron chi connectivity index (χ2n) is 6.80. The molecule has 0 aromatic carbocycles. The highest BCUT2D eigenvalue weighted by molar-refractivity contribution is 5.93. The Morgan fingerprint density at radius 1 is 1.14 bits per heavy atom. The molecule has 156 valence electrons. The van der Waals surface area contributed by atoms with Gasteiger partial charge in [0, 0.05) is 63.6 Å². The second-order valence-corrected chi connectivity index (χ2v) is 6.80. The molecule has 2 aromatic heterocycles. The molecule has 1 atom stereocenters. The number of aromatic nitrogens is 4. The summed E-state index contributed by atoms with van der Waals surface area (Å²) in [6.07, 6.45) is -0.337. The van der Waals surface area contributed by atoms with Crippen molar-refractivity contribution in [2.24, 2.45) is 5.73 Å². The zero-order valence-electron chi connectivity index (χ0n) is 15.6. The predicted octanol–water partition coefficient (Wildman–Crippen LogP) is 0.362. The van der Waals surface area contributed by atoms with Gasteiger partial charge < -0.3 is 15.5 Å². The average molecular weight is 411 g/mol. The highest BCUT2D eigenvalue weighted by Gasteiger charge is 2.32. The number of amides is 1. The summed E-state index contributed by atoms with van der Waals surface area (Å²) in [5.74, 6) is -0.110. The monoisotopic (exact) mass is 411 g/mol. The lowest BCUT2D eigenvalue weighted by molar-refractivity contribution is -0.138. The first-order valence-electron chi connectivity index (χ1n) is 8.90. The first-order valence-corrected chi connectivity index (χ1v) is 8.90. The number of nitrogens with two attached hydrogens (primary N) is 1. The Morgan fingerprint density at radius 2 is 1.76 bits per heavy atom. The quantitative estimate of drug-likeness (QED) is 0.774. The van der Waals surface area contributed by atoms with Crippen LogP contribution in [0.1, 0.15) is 22.8 Å². The third-order valence-electron chi connectivity index (χ3n) is 4.40. The minimum Gasteiger partial charge on any atom is -0.337 e. The fraction of sp³-hybridized carbons (Fsp3) is 0.471. The van der Waals surface area contributed by atoms with Crippen LogP contribution >= 0.6 is 0 Å². The Morgan fingerprint density at radius 3 is 2.31 bits per heavy atom. The Kier molecular flexibility index (Phi) is 5.82. The normalized spacial score (nSPS) is 16.0. The molecule has 12 heteroatoms. The SMILES string of the molecule is CC(N)Cn1cc(C(=O)N2CCN(c3ncc(C(F)(F)F)cn3)CC2)cnc1=O. The van der Waals surface area contributed by atoms with E-state index in [0.29, 0.717) is 26.2 Å². The molecule has 1 aliphatic rings. The summed E-state index contributed by atoms with van der Waals surface area (Å²) in [5, 5.41) is 0. The van der Waals surface area contributed by atoms with E-state index in [4.69, 9.17) is 5.73 Å². The summed E-state index contributed by atoms with van der Waals surface area (Å²) >= 11 is 0. The molecule has 2 aromatic rings. The maximum Gasteiger partial charge on any atom is 0.419 e. The van der Waals surface area contributed by atoms with Gasteiger partial charge in [-0.15, -0.1) is 0 Å². The van der Waals surface area contributed by atoms with Crippen LogP contribution in [0.2, 0.25) is 0 Å². The highest BCUT2D eigenvalue weighted by Crippen LogP contribution is 2.28. The molecule has 0 spiro atoms. The molecule has 1 amide bonds. The smallest absolute Gasteiger partial charge is 0.337 e. The zero-order chi connectivity index (χ0) is 21.2. The third kappa shape index (κ3) is 4.88. The molecule has 9 nitrogen and oxygen atoms in total. The standard InChI is InChI=1S/C17H20F3N7O2/c1-11(21)9-27-10-12(6-24-16(27)29)14(28)25-2-4-26(5-3-25)15-22-7-13(8-23-15)17(18,19)20/h6-8,10-11H,2-5,9,21H2,1H3. The van der Waals surface area contributed by atoms with E-state index in [1.54, 1.807) is 16.7 Å². The number of halogens is 3. The number of rotatable bonds is 4. The number of piperazine rings is 1. The zero-order valence-corrected chi connectivity index (χ0v) is 15.6. The van der Waals surface area contributed by atoms with Crippen molar-refractivity contribution in [1.82, 2.24) is 24.4 Å². The van der Waals surface area contributed by atoms with E-state index in [1.165, 1.54) is 17.0 Å². The van der Waals surface area contributed by atoms with E-state index in [-0.39, 0.29) is 30.0 Å². The lowest BCUT2D eigenvalue weighted by atomic mass is 10.2. The van der Waals surface area contributed by atoms with Crippen LogP contribution in [-0.2, 0) is 12.7 Å². The lowest BCUT2D eigenvalue weighted by Crippen LogP contribution is -2.49. The Hall–Kier alpha value is -3.02. The van der Waals surface area contributed by atoms with Crippen molar-refractivity contribution in [3.63, 3.8) is 0 Å². The summed E-state index contributed by atoms with van der Waals surface area (Å²) in [6.45, 7) is 3.37. The number of carbonyl (C=O) groups excluding carboxylic acids is 1. The summed E-state index contributed by atoms with van der Waals surface area (Å²) in [7, 11) is 0. The molecule has 2 N–H and O–H groups in total. The van der Waals surface area contributed by atoms with Crippen molar-refractivity contribution in [3.05, 3.63) is 46.4 Å². The minimum absolute atomic E-state index is 0.178. The Bertz CT molecular complexity index is 920. The van der Waals surface area contributed by atoms with Crippen LogP contribution in [0.4, 0.5) is 19.1 Å². The van der Waals surface area contributed by atoms with E-state index >= 15 is 0 Å². The number of carbonyl (C=O) groups is 1. The second kappa shape index (κ2) is 8.15. The minimum atomic E-state index is -4.49. The molecule has 1 saturated heterocycles. The van der Waals surface area contributed by atoms with Crippen molar-refractivity contribution < 1.29 is 18.0 Å². The van der Waals surface area contributed by atoms with Crippen molar-refractivity contribution >= 4 is 11.9 Å². The number of hydrogen-bond donors (Lipinski definition) is 1. The summed E-state index contributed by atoms with van der Waals surface area (Å²) in [6, 6.07) is -0.271. The van der Waals surface area contributed by atoms with Crippen molar-refractivity contribution in [2.75, 3.05) is 31.1 Å². The molecule has 29 heavy (non-hydrogen) atoms. The molecule has 3 rings (SSSR count). The van der Waals surface area contributed by atoms with Crippen molar-refractivity contribution in [1.29, 1.82) is 0 Å². The van der Waals surface area contributed by atoms with Gasteiger partial charge >= 0.3 is 11.9 Å². The van der Waals surface area contributed by atoms with Crippen LogP contribution in [0.15, 0.2) is 29.6 Å². The van der Waals surface area contributed by atoms with Crippen LogP contribution in [0.5, 0.6) is 0 Å². The van der Waals surface area contributed by atoms with E-state index in [0.717, 1.165) is 12.4 Å². The lowest BCUT2D eigenvalue weighted by Gasteiger charge is -2.34. The van der Waals surface area contributed by atoms with Crippen LogP contribution in [-0.4, -0.2) is 62.5 Å². The highest BCUT2D eigenvalue weighted by atomic mass is 19.4.